The Morgan fingerprint density at radius 2 is 1.83 bits per heavy atom. The minimum Gasteiger partial charge on any atom is -0.408 e. The Morgan fingerprint density at radius 1 is 1.17 bits per heavy atom. The molecule has 0 aliphatic carbocycles. The van der Waals surface area contributed by atoms with Gasteiger partial charge < -0.3 is 10.2 Å². The van der Waals surface area contributed by atoms with Crippen molar-refractivity contribution in [1.29, 1.82) is 0 Å². The van der Waals surface area contributed by atoms with Crippen molar-refractivity contribution >= 4 is 52.7 Å². The molecule has 0 saturated heterocycles. The number of rotatable bonds is 8. The second-order valence-corrected chi connectivity index (χ2v) is 7.95. The van der Waals surface area contributed by atoms with Gasteiger partial charge in [0, 0.05) is 5.92 Å². The van der Waals surface area contributed by atoms with E-state index in [1.165, 1.54) is 34.9 Å². The Bertz CT molecular complexity index is 686. The zero-order valence-corrected chi connectivity index (χ0v) is 14.8. The van der Waals surface area contributed by atoms with Gasteiger partial charge in [0.05, 0.1) is 11.5 Å². The van der Waals surface area contributed by atoms with Crippen LogP contribution in [0.15, 0.2) is 13.1 Å². The molecule has 0 radical (unpaired) electrons. The first-order valence-corrected chi connectivity index (χ1v) is 9.23. The molecule has 2 aromatic rings. The van der Waals surface area contributed by atoms with Gasteiger partial charge in [-0.25, -0.2) is 0 Å². The van der Waals surface area contributed by atoms with Gasteiger partial charge in [-0.3, -0.25) is 14.9 Å². The molecular formula is C11H14N6O3S3. The molecule has 23 heavy (non-hydrogen) atoms. The van der Waals surface area contributed by atoms with E-state index in [1.54, 1.807) is 0 Å². The van der Waals surface area contributed by atoms with Gasteiger partial charge in [-0.2, -0.15) is 0 Å². The van der Waals surface area contributed by atoms with Crippen molar-refractivity contribution in [2.45, 2.75) is 28.4 Å². The number of aromatic nitrogens is 4. The van der Waals surface area contributed by atoms with Crippen LogP contribution in [0, 0.1) is 0 Å². The molecule has 124 valence electrons. The zero-order valence-electron chi connectivity index (χ0n) is 12.3. The van der Waals surface area contributed by atoms with E-state index >= 15 is 0 Å². The Kier molecular flexibility index (Phi) is 6.36. The first-order chi connectivity index (χ1) is 10.9. The molecular weight excluding hydrogens is 360 g/mol. The summed E-state index contributed by atoms with van der Waals surface area (Å²) >= 11 is 3.74. The van der Waals surface area contributed by atoms with E-state index in [0.29, 0.717) is 14.6 Å². The fourth-order valence-electron chi connectivity index (χ4n) is 1.25. The normalized spacial score (nSPS) is 10.9. The van der Waals surface area contributed by atoms with Crippen molar-refractivity contribution in [3.63, 3.8) is 0 Å². The second-order valence-electron chi connectivity index (χ2n) is 4.53. The summed E-state index contributed by atoms with van der Waals surface area (Å²) in [6, 6.07) is 0.0780. The Hall–Kier alpha value is -1.66. The van der Waals surface area contributed by atoms with Gasteiger partial charge in [0.25, 0.3) is 0 Å². The number of anilines is 1. The van der Waals surface area contributed by atoms with Crippen LogP contribution in [0.25, 0.3) is 0 Å². The summed E-state index contributed by atoms with van der Waals surface area (Å²) in [6.07, 6.45) is 0. The lowest BCUT2D eigenvalue weighted by molar-refractivity contribution is -0.115. The molecule has 3 N–H and O–H groups in total. The van der Waals surface area contributed by atoms with Crippen LogP contribution in [0.2, 0.25) is 0 Å². The van der Waals surface area contributed by atoms with Crippen molar-refractivity contribution in [2.75, 3.05) is 16.8 Å². The highest BCUT2D eigenvalue weighted by molar-refractivity contribution is 8.03. The van der Waals surface area contributed by atoms with Gasteiger partial charge in [-0.15, -0.1) is 15.3 Å². The molecule has 0 aromatic carbocycles. The highest BCUT2D eigenvalue weighted by Crippen LogP contribution is 2.28. The third kappa shape index (κ3) is 5.80. The second kappa shape index (κ2) is 8.26. The average Bonchev–Trinajstić information content (AvgIpc) is 3.12. The minimum atomic E-state index is -0.417. The third-order valence-corrected chi connectivity index (χ3v) is 5.45. The molecule has 9 nitrogen and oxygen atoms in total. The van der Waals surface area contributed by atoms with Gasteiger partial charge in [0.15, 0.2) is 8.68 Å². The Labute approximate surface area is 144 Å². The highest BCUT2D eigenvalue weighted by Gasteiger charge is 2.13. The molecule has 0 atom stereocenters. The summed E-state index contributed by atoms with van der Waals surface area (Å²) in [4.78, 5) is 22.5. The number of nitrogens with one attached hydrogen (secondary N) is 1. The number of thioether (sulfide) groups is 2. The van der Waals surface area contributed by atoms with Gasteiger partial charge in [0.1, 0.15) is 0 Å². The quantitative estimate of drug-likeness (QED) is 0.656. The number of hydrogen-bond acceptors (Lipinski definition) is 10. The van der Waals surface area contributed by atoms with Crippen LogP contribution >= 0.6 is 34.9 Å². The van der Waals surface area contributed by atoms with Crippen LogP contribution in [0.3, 0.4) is 0 Å². The number of nitrogens with zero attached hydrogens (tertiary/aromatic N) is 4. The van der Waals surface area contributed by atoms with Gasteiger partial charge in [0.2, 0.25) is 17.7 Å². The summed E-state index contributed by atoms with van der Waals surface area (Å²) < 4.78 is 6.55. The van der Waals surface area contributed by atoms with Crippen molar-refractivity contribution < 1.29 is 14.0 Å². The maximum absolute atomic E-state index is 11.8. The van der Waals surface area contributed by atoms with Crippen molar-refractivity contribution in [3.05, 3.63) is 5.89 Å². The standard InChI is InChI=1S/C11H14N6O3S3/c1-5(2)8-14-15-9(20-8)13-7(19)4-22-11-17-16-10(23-11)21-3-6(12)18/h5H,3-4H2,1-2H3,(H2,12,18)(H,13,15,19). The molecule has 2 heterocycles. The molecule has 0 aliphatic rings. The molecule has 0 aliphatic heterocycles. The SMILES string of the molecule is CC(C)c1nnc(NC(=O)CSc2nnc(SCC(N)=O)s2)o1. The molecule has 2 amide bonds. The van der Waals surface area contributed by atoms with Crippen molar-refractivity contribution in [2.24, 2.45) is 5.73 Å². The maximum atomic E-state index is 11.8. The van der Waals surface area contributed by atoms with Gasteiger partial charge in [-0.05, 0) is 0 Å². The molecule has 0 bridgehead atoms. The molecule has 0 spiro atoms. The van der Waals surface area contributed by atoms with Crippen LogP contribution in [0.4, 0.5) is 6.01 Å². The molecule has 2 aromatic heterocycles. The van der Waals surface area contributed by atoms with E-state index in [1.807, 2.05) is 13.8 Å². The summed E-state index contributed by atoms with van der Waals surface area (Å²) in [6.45, 7) is 3.83. The number of amides is 2. The van der Waals surface area contributed by atoms with E-state index in [-0.39, 0.29) is 29.3 Å². The van der Waals surface area contributed by atoms with Crippen molar-refractivity contribution in [1.82, 2.24) is 20.4 Å². The zero-order chi connectivity index (χ0) is 16.8. The summed E-state index contributed by atoms with van der Waals surface area (Å²) in [5.41, 5.74) is 5.06. The number of carbonyl (C=O) groups is 2. The molecule has 0 unspecified atom stereocenters. The average molecular weight is 374 g/mol. The first kappa shape index (κ1) is 17.7. The minimum absolute atomic E-state index is 0.0780. The fraction of sp³-hybridized carbons (Fsp3) is 0.455. The van der Waals surface area contributed by atoms with Gasteiger partial charge >= 0.3 is 6.01 Å². The van der Waals surface area contributed by atoms with Crippen molar-refractivity contribution in [3.8, 4) is 0 Å². The fourth-order valence-corrected chi connectivity index (χ4v) is 3.81. The molecule has 12 heteroatoms. The highest BCUT2D eigenvalue weighted by atomic mass is 32.2. The lowest BCUT2D eigenvalue weighted by Crippen LogP contribution is -2.14. The third-order valence-electron chi connectivity index (χ3n) is 2.23. The predicted octanol–water partition coefficient (Wildman–Crippen LogP) is 1.35. The van der Waals surface area contributed by atoms with Crippen LogP contribution in [0.1, 0.15) is 25.7 Å². The van der Waals surface area contributed by atoms with E-state index in [0.717, 1.165) is 0 Å². The van der Waals surface area contributed by atoms with E-state index in [9.17, 15) is 9.59 Å². The number of primary amides is 1. The van der Waals surface area contributed by atoms with E-state index in [4.69, 9.17) is 10.2 Å². The van der Waals surface area contributed by atoms with Crippen LogP contribution < -0.4 is 11.1 Å². The molecule has 0 saturated carbocycles. The van der Waals surface area contributed by atoms with Crippen LogP contribution in [-0.2, 0) is 9.59 Å². The van der Waals surface area contributed by atoms with E-state index < -0.39 is 5.91 Å². The Morgan fingerprint density at radius 3 is 2.39 bits per heavy atom. The summed E-state index contributed by atoms with van der Waals surface area (Å²) in [7, 11) is 0. The first-order valence-electron chi connectivity index (χ1n) is 6.44. The maximum Gasteiger partial charge on any atom is 0.322 e. The lowest BCUT2D eigenvalue weighted by Gasteiger charge is -1.98. The monoisotopic (exact) mass is 374 g/mol. The summed E-state index contributed by atoms with van der Waals surface area (Å²) in [5, 5.41) is 17.9. The number of hydrogen-bond donors (Lipinski definition) is 2. The topological polar surface area (TPSA) is 137 Å². The molecule has 2 rings (SSSR count). The summed E-state index contributed by atoms with van der Waals surface area (Å²) in [5.74, 6) is 0.145. The number of carbonyl (C=O) groups excluding carboxylic acids is 2. The van der Waals surface area contributed by atoms with Gasteiger partial charge in [-0.1, -0.05) is 53.8 Å². The largest absolute Gasteiger partial charge is 0.408 e. The predicted molar refractivity (Wildman–Crippen MR) is 87.6 cm³/mol. The van der Waals surface area contributed by atoms with Crippen LogP contribution in [-0.4, -0.2) is 43.7 Å². The van der Waals surface area contributed by atoms with E-state index in [2.05, 4.69) is 25.7 Å². The smallest absolute Gasteiger partial charge is 0.322 e. The van der Waals surface area contributed by atoms with Crippen LogP contribution in [0.5, 0.6) is 0 Å². The Balaban J connectivity index is 1.78. The molecule has 0 fully saturated rings. The lowest BCUT2D eigenvalue weighted by atomic mass is 10.2. The number of nitrogens with two attached hydrogens (primary N) is 1.